The van der Waals surface area contributed by atoms with E-state index in [0.717, 1.165) is 17.2 Å². The van der Waals surface area contributed by atoms with Crippen LogP contribution in [0.1, 0.15) is 15.9 Å². The van der Waals surface area contributed by atoms with Crippen LogP contribution in [-0.2, 0) is 0 Å². The minimum atomic E-state index is 0.482. The molecule has 0 atom stereocenters. The number of aldehydes is 1. The third-order valence-electron chi connectivity index (χ3n) is 1.88. The first kappa shape index (κ1) is 12.0. The van der Waals surface area contributed by atoms with E-state index in [2.05, 4.69) is 15.9 Å². The Morgan fingerprint density at radius 2 is 2.20 bits per heavy atom. The van der Waals surface area contributed by atoms with Crippen molar-refractivity contribution >= 4 is 22.2 Å². The predicted molar refractivity (Wildman–Crippen MR) is 65.0 cm³/mol. The van der Waals surface area contributed by atoms with E-state index in [1.165, 1.54) is 0 Å². The summed E-state index contributed by atoms with van der Waals surface area (Å²) in [5.74, 6) is 0.634. The zero-order chi connectivity index (χ0) is 11.1. The van der Waals surface area contributed by atoms with Gasteiger partial charge in [-0.15, -0.1) is 0 Å². The molecule has 0 unspecified atom stereocenters. The van der Waals surface area contributed by atoms with Crippen LogP contribution in [0.4, 0.5) is 0 Å². The monoisotopic (exact) mass is 268 g/mol. The first-order chi connectivity index (χ1) is 7.27. The first-order valence-electron chi connectivity index (χ1n) is 4.67. The summed E-state index contributed by atoms with van der Waals surface area (Å²) in [6.45, 7) is 2.43. The molecule has 0 aliphatic carbocycles. The van der Waals surface area contributed by atoms with Gasteiger partial charge >= 0.3 is 0 Å². The number of ether oxygens (including phenoxy) is 1. The van der Waals surface area contributed by atoms with Gasteiger partial charge in [0.2, 0.25) is 0 Å². The van der Waals surface area contributed by atoms with Crippen molar-refractivity contribution in [3.63, 3.8) is 0 Å². The number of alkyl halides is 1. The Kier molecular flexibility index (Phi) is 5.12. The number of benzene rings is 1. The van der Waals surface area contributed by atoms with Gasteiger partial charge in [0.25, 0.3) is 0 Å². The van der Waals surface area contributed by atoms with Crippen molar-refractivity contribution in [1.82, 2.24) is 0 Å². The Balaban J connectivity index is 2.67. The first-order valence-corrected chi connectivity index (χ1v) is 5.79. The molecule has 0 N–H and O–H groups in total. The summed E-state index contributed by atoms with van der Waals surface area (Å²) < 4.78 is 5.45. The van der Waals surface area contributed by atoms with Crippen molar-refractivity contribution in [2.24, 2.45) is 0 Å². The molecular weight excluding hydrogens is 256 g/mol. The van der Waals surface area contributed by atoms with Crippen LogP contribution in [0.5, 0.6) is 5.75 Å². The van der Waals surface area contributed by atoms with Gasteiger partial charge in [-0.2, -0.15) is 0 Å². The summed E-state index contributed by atoms with van der Waals surface area (Å²) in [5.41, 5.74) is 1.66. The van der Waals surface area contributed by atoms with Crippen LogP contribution in [0.15, 0.2) is 30.4 Å². The molecule has 0 amide bonds. The highest BCUT2D eigenvalue weighted by molar-refractivity contribution is 9.09. The van der Waals surface area contributed by atoms with Gasteiger partial charge in [-0.25, -0.2) is 0 Å². The van der Waals surface area contributed by atoms with Crippen LogP contribution < -0.4 is 4.74 Å². The lowest BCUT2D eigenvalue weighted by Gasteiger charge is -2.06. The molecule has 1 aromatic carbocycles. The molecule has 0 aliphatic rings. The fourth-order valence-electron chi connectivity index (χ4n) is 1.16. The third-order valence-corrected chi connectivity index (χ3v) is 2.26. The molecule has 15 heavy (non-hydrogen) atoms. The van der Waals surface area contributed by atoms with Gasteiger partial charge in [0, 0.05) is 5.33 Å². The predicted octanol–water partition coefficient (Wildman–Crippen LogP) is 3.14. The molecule has 0 fully saturated rings. The van der Waals surface area contributed by atoms with Crippen molar-refractivity contribution in [2.45, 2.75) is 6.92 Å². The second kappa shape index (κ2) is 6.40. The minimum Gasteiger partial charge on any atom is -0.489 e. The molecule has 1 aromatic rings. The van der Waals surface area contributed by atoms with Crippen LogP contribution in [0.3, 0.4) is 0 Å². The summed E-state index contributed by atoms with van der Waals surface area (Å²) in [4.78, 5) is 10.8. The summed E-state index contributed by atoms with van der Waals surface area (Å²) in [7, 11) is 0. The summed E-state index contributed by atoms with van der Waals surface area (Å²) in [5, 5.41) is 0.810. The summed E-state index contributed by atoms with van der Waals surface area (Å²) in [6, 6.07) is 5.56. The van der Waals surface area contributed by atoms with Crippen LogP contribution >= 0.6 is 15.9 Å². The van der Waals surface area contributed by atoms with E-state index in [9.17, 15) is 4.79 Å². The van der Waals surface area contributed by atoms with Gasteiger partial charge in [0.05, 0.1) is 5.56 Å². The number of halogens is 1. The van der Waals surface area contributed by atoms with Gasteiger partial charge < -0.3 is 4.74 Å². The fraction of sp³-hybridized carbons (Fsp3) is 0.250. The van der Waals surface area contributed by atoms with E-state index in [1.807, 2.05) is 37.3 Å². The number of allylic oxidation sites excluding steroid dienone is 1. The number of hydrogen-bond acceptors (Lipinski definition) is 2. The molecule has 0 aromatic heterocycles. The normalized spacial score (nSPS) is 10.5. The second-order valence-corrected chi connectivity index (χ2v) is 3.74. The van der Waals surface area contributed by atoms with E-state index < -0.39 is 0 Å². The van der Waals surface area contributed by atoms with Gasteiger partial charge in [-0.1, -0.05) is 39.7 Å². The lowest BCUT2D eigenvalue weighted by atomic mass is 10.1. The van der Waals surface area contributed by atoms with E-state index in [0.29, 0.717) is 17.9 Å². The van der Waals surface area contributed by atoms with Crippen LogP contribution in [0.2, 0.25) is 0 Å². The second-order valence-electron chi connectivity index (χ2n) is 3.10. The Morgan fingerprint density at radius 1 is 1.40 bits per heavy atom. The van der Waals surface area contributed by atoms with Crippen LogP contribution in [0.25, 0.3) is 0 Å². The highest BCUT2D eigenvalue weighted by Crippen LogP contribution is 2.17. The number of carbonyl (C=O) groups is 1. The van der Waals surface area contributed by atoms with E-state index in [1.54, 1.807) is 0 Å². The quantitative estimate of drug-likeness (QED) is 0.466. The topological polar surface area (TPSA) is 26.3 Å². The maximum absolute atomic E-state index is 10.8. The third kappa shape index (κ3) is 3.88. The van der Waals surface area contributed by atoms with Gasteiger partial charge in [-0.05, 0) is 19.1 Å². The highest BCUT2D eigenvalue weighted by Gasteiger charge is 2.01. The maximum Gasteiger partial charge on any atom is 0.153 e. The van der Waals surface area contributed by atoms with Gasteiger partial charge in [-0.3, -0.25) is 4.79 Å². The Labute approximate surface area is 98.1 Å². The molecule has 0 spiro atoms. The Bertz CT molecular complexity index is 359. The standard InChI is InChI=1S/C12H13BrO2/c1-10-4-5-12(11(8-10)9-14)15-7-3-2-6-13/h2-5,8-9H,6-7H2,1H3/b3-2+. The molecule has 80 valence electrons. The molecule has 0 radical (unpaired) electrons. The largest absolute Gasteiger partial charge is 0.489 e. The van der Waals surface area contributed by atoms with Crippen LogP contribution in [0, 0.1) is 6.92 Å². The zero-order valence-corrected chi connectivity index (χ0v) is 10.2. The molecule has 0 saturated carbocycles. The van der Waals surface area contributed by atoms with E-state index in [-0.39, 0.29) is 0 Å². The number of carbonyl (C=O) groups excluding carboxylic acids is 1. The van der Waals surface area contributed by atoms with Crippen molar-refractivity contribution in [3.05, 3.63) is 41.5 Å². The van der Waals surface area contributed by atoms with Gasteiger partial charge in [0.1, 0.15) is 12.4 Å². The SMILES string of the molecule is Cc1ccc(OC/C=C/CBr)c(C=O)c1. The highest BCUT2D eigenvalue weighted by atomic mass is 79.9. The summed E-state index contributed by atoms with van der Waals surface area (Å²) >= 11 is 3.27. The summed E-state index contributed by atoms with van der Waals surface area (Å²) in [6.07, 6.45) is 4.68. The fourth-order valence-corrected chi connectivity index (χ4v) is 1.42. The Morgan fingerprint density at radius 3 is 2.87 bits per heavy atom. The smallest absolute Gasteiger partial charge is 0.153 e. The molecule has 0 saturated heterocycles. The lowest BCUT2D eigenvalue weighted by molar-refractivity contribution is 0.112. The average Bonchev–Trinajstić information content (AvgIpc) is 2.26. The molecular formula is C12H13BrO2. The average molecular weight is 269 g/mol. The molecule has 2 nitrogen and oxygen atoms in total. The number of aryl methyl sites for hydroxylation is 1. The molecule has 0 bridgehead atoms. The zero-order valence-electron chi connectivity index (χ0n) is 8.57. The lowest BCUT2D eigenvalue weighted by Crippen LogP contribution is -1.97. The number of rotatable bonds is 5. The molecule has 1 rings (SSSR count). The molecule has 0 aliphatic heterocycles. The number of hydrogen-bond donors (Lipinski definition) is 0. The maximum atomic E-state index is 10.8. The van der Waals surface area contributed by atoms with Crippen molar-refractivity contribution in [3.8, 4) is 5.75 Å². The van der Waals surface area contributed by atoms with Gasteiger partial charge in [0.15, 0.2) is 6.29 Å². The Hall–Kier alpha value is -1.09. The van der Waals surface area contributed by atoms with Crippen LogP contribution in [-0.4, -0.2) is 18.2 Å². The van der Waals surface area contributed by atoms with E-state index >= 15 is 0 Å². The van der Waals surface area contributed by atoms with Crippen molar-refractivity contribution in [2.75, 3.05) is 11.9 Å². The molecule has 3 heteroatoms. The minimum absolute atomic E-state index is 0.482. The van der Waals surface area contributed by atoms with E-state index in [4.69, 9.17) is 4.74 Å². The van der Waals surface area contributed by atoms with Crippen molar-refractivity contribution in [1.29, 1.82) is 0 Å². The molecule has 0 heterocycles. The van der Waals surface area contributed by atoms with Crippen molar-refractivity contribution < 1.29 is 9.53 Å².